The van der Waals surface area contributed by atoms with E-state index in [1.54, 1.807) is 0 Å². The number of benzene rings is 1. The van der Waals surface area contributed by atoms with Gasteiger partial charge in [0.2, 0.25) is 0 Å². The third kappa shape index (κ3) is 1.82. The molecule has 1 aromatic heterocycles. The van der Waals surface area contributed by atoms with Gasteiger partial charge in [0.05, 0.1) is 17.8 Å². The molecule has 0 unspecified atom stereocenters. The van der Waals surface area contributed by atoms with E-state index in [4.69, 9.17) is 10.5 Å². The third-order valence-corrected chi connectivity index (χ3v) is 3.09. The summed E-state index contributed by atoms with van der Waals surface area (Å²) < 4.78 is 18.6. The van der Waals surface area contributed by atoms with Gasteiger partial charge in [-0.1, -0.05) is 0 Å². The van der Waals surface area contributed by atoms with Crippen molar-refractivity contribution >= 4 is 21.7 Å². The Morgan fingerprint density at radius 2 is 2.29 bits per heavy atom. The van der Waals surface area contributed by atoms with Gasteiger partial charge in [0.25, 0.3) is 0 Å². The summed E-state index contributed by atoms with van der Waals surface area (Å²) in [5, 5.41) is 16.2. The van der Waals surface area contributed by atoms with Gasteiger partial charge in [-0.25, -0.2) is 4.39 Å². The number of nitrogens with one attached hydrogen (secondary N) is 1. The summed E-state index contributed by atoms with van der Waals surface area (Å²) in [5.74, 6) is -0.501. The van der Waals surface area contributed by atoms with E-state index in [1.807, 2.05) is 0 Å². The molecule has 0 amide bonds. The fraction of sp³-hybridized carbons (Fsp3) is 0.100. The Morgan fingerprint density at radius 3 is 2.82 bits per heavy atom. The molecule has 0 aliphatic heterocycles. The number of anilines is 1. The van der Waals surface area contributed by atoms with Crippen LogP contribution in [0.5, 0.6) is 11.5 Å². The lowest BCUT2D eigenvalue weighted by Gasteiger charge is -2.11. The summed E-state index contributed by atoms with van der Waals surface area (Å²) in [6.07, 6.45) is 1.40. The number of phenolic OH excluding ortho intramolecular Hbond substituents is 1. The number of nitrogens with zero attached hydrogens (tertiary/aromatic N) is 1. The molecule has 1 heterocycles. The lowest BCUT2D eigenvalue weighted by molar-refractivity contribution is 0.371. The second-order valence-corrected chi connectivity index (χ2v) is 4.09. The highest BCUT2D eigenvalue weighted by Crippen LogP contribution is 2.44. The van der Waals surface area contributed by atoms with Gasteiger partial charge in [-0.3, -0.25) is 5.10 Å². The third-order valence-electron chi connectivity index (χ3n) is 2.32. The molecule has 2 aromatic rings. The number of hydrogen-bond acceptors (Lipinski definition) is 4. The summed E-state index contributed by atoms with van der Waals surface area (Å²) in [6.45, 7) is 0. The van der Waals surface area contributed by atoms with Crippen LogP contribution < -0.4 is 10.5 Å². The average Bonchev–Trinajstić information content (AvgIpc) is 2.71. The highest BCUT2D eigenvalue weighted by atomic mass is 79.9. The summed E-state index contributed by atoms with van der Waals surface area (Å²) in [6, 6.07) is 1.08. The standard InChI is InChI=1S/C10H9BrFN3O2/c1-17-6-2-5(12)8(11)7(9(6)16)4-3-14-15-10(4)13/h2-3,16H,1H3,(H3,13,14,15). The zero-order chi connectivity index (χ0) is 12.6. The minimum atomic E-state index is -0.560. The van der Waals surface area contributed by atoms with E-state index >= 15 is 0 Å². The van der Waals surface area contributed by atoms with Crippen molar-refractivity contribution in [2.75, 3.05) is 12.8 Å². The van der Waals surface area contributed by atoms with Crippen LogP contribution in [0.15, 0.2) is 16.7 Å². The van der Waals surface area contributed by atoms with Crippen LogP contribution in [0.3, 0.4) is 0 Å². The molecule has 5 nitrogen and oxygen atoms in total. The van der Waals surface area contributed by atoms with E-state index in [1.165, 1.54) is 13.3 Å². The van der Waals surface area contributed by atoms with Gasteiger partial charge in [0, 0.05) is 17.2 Å². The van der Waals surface area contributed by atoms with E-state index in [2.05, 4.69) is 26.1 Å². The van der Waals surface area contributed by atoms with Crippen molar-refractivity contribution in [3.63, 3.8) is 0 Å². The highest BCUT2D eigenvalue weighted by molar-refractivity contribution is 9.10. The highest BCUT2D eigenvalue weighted by Gasteiger charge is 2.20. The van der Waals surface area contributed by atoms with Crippen molar-refractivity contribution < 1.29 is 14.2 Å². The number of aromatic nitrogens is 2. The second kappa shape index (κ2) is 4.25. The van der Waals surface area contributed by atoms with Crippen LogP contribution in [0.1, 0.15) is 0 Å². The number of nitrogens with two attached hydrogens (primary N) is 1. The number of aromatic amines is 1. The monoisotopic (exact) mass is 301 g/mol. The van der Waals surface area contributed by atoms with Gasteiger partial charge < -0.3 is 15.6 Å². The molecule has 17 heavy (non-hydrogen) atoms. The second-order valence-electron chi connectivity index (χ2n) is 3.30. The predicted octanol–water partition coefficient (Wildman–Crippen LogP) is 2.27. The molecule has 7 heteroatoms. The molecule has 0 aliphatic carbocycles. The minimum Gasteiger partial charge on any atom is -0.504 e. The number of nitrogen functional groups attached to an aromatic ring is 1. The molecule has 0 radical (unpaired) electrons. The molecule has 0 saturated heterocycles. The minimum absolute atomic E-state index is 0.0290. The van der Waals surface area contributed by atoms with E-state index < -0.39 is 5.82 Å². The van der Waals surface area contributed by atoms with Crippen molar-refractivity contribution in [3.8, 4) is 22.6 Å². The van der Waals surface area contributed by atoms with Crippen LogP contribution in [0.4, 0.5) is 10.2 Å². The zero-order valence-corrected chi connectivity index (χ0v) is 10.4. The number of H-pyrrole nitrogens is 1. The normalized spacial score (nSPS) is 10.5. The number of rotatable bonds is 2. The molecular formula is C10H9BrFN3O2. The molecule has 0 atom stereocenters. The Bertz CT molecular complexity index is 571. The Kier molecular flexibility index (Phi) is 2.93. The zero-order valence-electron chi connectivity index (χ0n) is 8.79. The predicted molar refractivity (Wildman–Crippen MR) is 64.3 cm³/mol. The lowest BCUT2D eigenvalue weighted by atomic mass is 10.1. The van der Waals surface area contributed by atoms with Crippen molar-refractivity contribution in [3.05, 3.63) is 22.6 Å². The van der Waals surface area contributed by atoms with Crippen molar-refractivity contribution in [1.82, 2.24) is 10.2 Å². The Hall–Kier alpha value is -1.76. The Balaban J connectivity index is 2.76. The molecule has 4 N–H and O–H groups in total. The molecular weight excluding hydrogens is 293 g/mol. The van der Waals surface area contributed by atoms with Gasteiger partial charge in [-0.15, -0.1) is 0 Å². The number of methoxy groups -OCH3 is 1. The van der Waals surface area contributed by atoms with Gasteiger partial charge >= 0.3 is 0 Å². The van der Waals surface area contributed by atoms with Gasteiger partial charge in [0.15, 0.2) is 11.5 Å². The van der Waals surface area contributed by atoms with Crippen molar-refractivity contribution in [1.29, 1.82) is 0 Å². The maximum absolute atomic E-state index is 13.6. The smallest absolute Gasteiger partial charge is 0.167 e. The number of phenols is 1. The number of ether oxygens (including phenoxy) is 1. The Morgan fingerprint density at radius 1 is 1.59 bits per heavy atom. The summed E-state index contributed by atoms with van der Waals surface area (Å²) in [5.41, 5.74) is 6.24. The van der Waals surface area contributed by atoms with Crippen LogP contribution in [0.25, 0.3) is 11.1 Å². The van der Waals surface area contributed by atoms with E-state index in [9.17, 15) is 9.50 Å². The van der Waals surface area contributed by atoms with Crippen LogP contribution >= 0.6 is 15.9 Å². The maximum Gasteiger partial charge on any atom is 0.167 e. The Labute approximate surface area is 105 Å². The van der Waals surface area contributed by atoms with E-state index in [0.717, 1.165) is 6.07 Å². The van der Waals surface area contributed by atoms with E-state index in [-0.39, 0.29) is 27.4 Å². The van der Waals surface area contributed by atoms with Crippen LogP contribution in [0.2, 0.25) is 0 Å². The summed E-state index contributed by atoms with van der Waals surface area (Å²) in [7, 11) is 1.34. The molecule has 0 aliphatic rings. The number of halogens is 2. The van der Waals surface area contributed by atoms with E-state index in [0.29, 0.717) is 5.56 Å². The quantitative estimate of drug-likeness (QED) is 0.794. The first-order valence-corrected chi connectivity index (χ1v) is 5.39. The fourth-order valence-corrected chi connectivity index (χ4v) is 2.01. The van der Waals surface area contributed by atoms with Gasteiger partial charge in [-0.05, 0) is 15.9 Å². The maximum atomic E-state index is 13.6. The van der Waals surface area contributed by atoms with Crippen LogP contribution in [0, 0.1) is 5.82 Å². The van der Waals surface area contributed by atoms with Gasteiger partial charge in [0.1, 0.15) is 11.6 Å². The first kappa shape index (κ1) is 11.7. The molecule has 0 fully saturated rings. The average molecular weight is 302 g/mol. The molecule has 0 bridgehead atoms. The molecule has 1 aromatic carbocycles. The van der Waals surface area contributed by atoms with Gasteiger partial charge in [-0.2, -0.15) is 5.10 Å². The molecule has 90 valence electrons. The fourth-order valence-electron chi connectivity index (χ4n) is 1.49. The first-order chi connectivity index (χ1) is 8.06. The van der Waals surface area contributed by atoms with Crippen molar-refractivity contribution in [2.24, 2.45) is 0 Å². The van der Waals surface area contributed by atoms with Crippen molar-refractivity contribution in [2.45, 2.75) is 0 Å². The SMILES string of the molecule is COc1cc(F)c(Br)c(-c2cn[nH]c2N)c1O. The molecule has 2 rings (SSSR count). The molecule has 0 spiro atoms. The largest absolute Gasteiger partial charge is 0.504 e. The number of hydrogen-bond donors (Lipinski definition) is 3. The summed E-state index contributed by atoms with van der Waals surface area (Å²) >= 11 is 3.06. The summed E-state index contributed by atoms with van der Waals surface area (Å²) in [4.78, 5) is 0. The van der Waals surface area contributed by atoms with Crippen LogP contribution in [-0.4, -0.2) is 22.4 Å². The first-order valence-electron chi connectivity index (χ1n) is 4.60. The van der Waals surface area contributed by atoms with Crippen LogP contribution in [-0.2, 0) is 0 Å². The topological polar surface area (TPSA) is 84.2 Å². The lowest BCUT2D eigenvalue weighted by Crippen LogP contribution is -1.93. The molecule has 0 saturated carbocycles. The number of aromatic hydroxyl groups is 1.